The summed E-state index contributed by atoms with van der Waals surface area (Å²) in [7, 11) is 0. The van der Waals surface area contributed by atoms with Crippen molar-refractivity contribution < 1.29 is 0 Å². The largest absolute Gasteiger partial charge is 0.310 e. The van der Waals surface area contributed by atoms with Gasteiger partial charge in [-0.15, -0.1) is 0 Å². The molecule has 600 valence electrons. The van der Waals surface area contributed by atoms with Gasteiger partial charge in [-0.2, -0.15) is 0 Å². The van der Waals surface area contributed by atoms with Crippen molar-refractivity contribution in [2.75, 3.05) is 19.6 Å². The number of rotatable bonds is 5. The fourth-order valence-corrected chi connectivity index (χ4v) is 18.8. The van der Waals surface area contributed by atoms with Crippen LogP contribution in [-0.2, 0) is 25.7 Å². The molecule has 20 rings (SSSR count). The molecule has 0 radical (unpaired) electrons. The monoisotopic (exact) mass is 1570 g/mol. The van der Waals surface area contributed by atoms with Crippen LogP contribution in [0.15, 0.2) is 267 Å². The molecule has 0 aliphatic carbocycles. The van der Waals surface area contributed by atoms with E-state index in [0.717, 1.165) is 25.7 Å². The summed E-state index contributed by atoms with van der Waals surface area (Å²) in [5, 5.41) is 2.67. The van der Waals surface area contributed by atoms with Crippen LogP contribution in [0.3, 0.4) is 0 Å². The van der Waals surface area contributed by atoms with Gasteiger partial charge in [-0.3, -0.25) is 0 Å². The van der Waals surface area contributed by atoms with Crippen molar-refractivity contribution in [1.82, 2.24) is 4.57 Å². The van der Waals surface area contributed by atoms with Crippen molar-refractivity contribution >= 4 is 90.1 Å². The van der Waals surface area contributed by atoms with Crippen LogP contribution in [0.4, 0.5) is 68.2 Å². The molecule has 5 heterocycles. The molecule has 0 bridgehead atoms. The third-order valence-corrected chi connectivity index (χ3v) is 25.1. The standard InChI is InChI=1S/3C24H25N.C22H21N.C21H19N/c1-15-6-8-22-20(12-15)14-21-13-16(2)7-9-23(21)25(22)24-18(4)10-17(3)11-19(24)5;1-15-6-8-23-20(10-15)14-21-11-16(2)7-9-24(21)25(23)22-12-17(3)19(5)18(4)13-22;1-15-6-8-22-20(10-15)14-21-11-16(2)7-9-23(21)25(22)24-13-18(4)17(3)12-19(24)5;1-15-4-8-20(9-5-15)23-21-10-6-16(2)12-18(21)14-19-13-17(3)7-11-22(19)23;1-14-4-8-17(9-5-14)22-20-10-6-15(2)12-18(20)19-13-16(3)7-11-21(19)22/h3*6-13H,14H2,1-5H3;4-13H,14H2,1-3H3;4-13H,1-3H3. The van der Waals surface area contributed by atoms with Crippen molar-refractivity contribution in [2.24, 2.45) is 0 Å². The lowest BCUT2D eigenvalue weighted by Gasteiger charge is -2.36. The Morgan fingerprint density at radius 2 is 0.433 bits per heavy atom. The maximum Gasteiger partial charge on any atom is 0.0541 e. The minimum atomic E-state index is 1.01. The van der Waals surface area contributed by atoms with Crippen LogP contribution >= 0.6 is 0 Å². The fraction of sp³-hybridized carbons (Fsp3) is 0.217. The van der Waals surface area contributed by atoms with Crippen LogP contribution in [0.2, 0.25) is 0 Å². The second-order valence-corrected chi connectivity index (χ2v) is 35.3. The number of fused-ring (bicyclic) bond motifs is 11. The maximum absolute atomic E-state index is 2.47. The van der Waals surface area contributed by atoms with Gasteiger partial charge in [0.1, 0.15) is 0 Å². The number of benzene rings is 15. The number of anilines is 12. The van der Waals surface area contributed by atoms with Gasteiger partial charge in [-0.05, 0) is 350 Å². The van der Waals surface area contributed by atoms with Gasteiger partial charge in [0, 0.05) is 105 Å². The van der Waals surface area contributed by atoms with E-state index in [0.29, 0.717) is 0 Å². The Labute approximate surface area is 714 Å². The van der Waals surface area contributed by atoms with E-state index in [1.807, 2.05) is 0 Å². The lowest BCUT2D eigenvalue weighted by atomic mass is 9.91. The highest BCUT2D eigenvalue weighted by atomic mass is 15.2. The lowest BCUT2D eigenvalue weighted by Crippen LogP contribution is -2.20. The van der Waals surface area contributed by atoms with Crippen LogP contribution in [0.25, 0.3) is 27.5 Å². The molecule has 16 aromatic rings. The Balaban J connectivity index is 0.000000112. The molecule has 0 amide bonds. The zero-order valence-electron chi connectivity index (χ0n) is 74.5. The van der Waals surface area contributed by atoms with Crippen LogP contribution in [-0.4, -0.2) is 4.57 Å². The minimum Gasteiger partial charge on any atom is -0.310 e. The second-order valence-electron chi connectivity index (χ2n) is 35.3. The molecule has 0 N–H and O–H groups in total. The zero-order chi connectivity index (χ0) is 84.4. The van der Waals surface area contributed by atoms with Gasteiger partial charge in [0.2, 0.25) is 0 Å². The van der Waals surface area contributed by atoms with Gasteiger partial charge >= 0.3 is 0 Å². The third kappa shape index (κ3) is 16.3. The SMILES string of the molecule is Cc1cc(C)c(N2c3ccc(C)cc3Cc3cc(C)ccc32)c(C)c1.Cc1ccc(-n2c3ccc(C)cc3c3cc(C)ccc32)cc1.Cc1ccc(N2c3ccc(C)cc3Cc3cc(C)ccc32)cc1.Cc1ccc2c(c1)Cc1cc(C)ccc1N2c1cc(C)c(C)c(C)c1.Cc1ccc2c(c1)Cc1cc(C)ccc1N2c1cc(C)c(C)cc1C. The Kier molecular flexibility index (Phi) is 22.5. The summed E-state index contributed by atoms with van der Waals surface area (Å²) >= 11 is 0. The van der Waals surface area contributed by atoms with Crippen molar-refractivity contribution in [3.05, 3.63) is 428 Å². The molecule has 4 aliphatic rings. The quantitative estimate of drug-likeness (QED) is 0.171. The van der Waals surface area contributed by atoms with E-state index >= 15 is 0 Å². The molecule has 4 aliphatic heterocycles. The highest BCUT2D eigenvalue weighted by Gasteiger charge is 2.31. The number of aryl methyl sites for hydroxylation is 20. The first-order valence-corrected chi connectivity index (χ1v) is 42.9. The van der Waals surface area contributed by atoms with Crippen LogP contribution in [0, 0.1) is 145 Å². The molecular weight excluding hydrogens is 1450 g/mol. The molecule has 1 aromatic heterocycles. The molecule has 5 heteroatoms. The average Bonchev–Trinajstić information content (AvgIpc) is 1.68. The first-order valence-electron chi connectivity index (χ1n) is 42.9. The van der Waals surface area contributed by atoms with Gasteiger partial charge in [0.25, 0.3) is 0 Å². The number of hydrogen-bond donors (Lipinski definition) is 0. The topological polar surface area (TPSA) is 17.9 Å². The van der Waals surface area contributed by atoms with Crippen molar-refractivity contribution in [2.45, 2.75) is 171 Å². The molecule has 0 atom stereocenters. The van der Waals surface area contributed by atoms with Gasteiger partial charge in [-0.1, -0.05) is 224 Å². The van der Waals surface area contributed by atoms with Crippen molar-refractivity contribution in [3.63, 3.8) is 0 Å². The summed E-state index contributed by atoms with van der Waals surface area (Å²) in [6, 6.07) is 99.5. The van der Waals surface area contributed by atoms with E-state index in [-0.39, 0.29) is 0 Å². The van der Waals surface area contributed by atoms with Crippen LogP contribution in [0.1, 0.15) is 161 Å². The van der Waals surface area contributed by atoms with Gasteiger partial charge < -0.3 is 24.2 Å². The Hall–Kier alpha value is -12.7. The average molecular weight is 1570 g/mol. The molecular formula is C115H115N5. The summed E-state index contributed by atoms with van der Waals surface area (Å²) in [6.45, 7) is 45.9. The summed E-state index contributed by atoms with van der Waals surface area (Å²) in [5.74, 6) is 0. The number of hydrogen-bond acceptors (Lipinski definition) is 4. The molecule has 15 aromatic carbocycles. The number of aromatic nitrogens is 1. The zero-order valence-corrected chi connectivity index (χ0v) is 74.5. The highest BCUT2D eigenvalue weighted by molar-refractivity contribution is 6.10. The van der Waals surface area contributed by atoms with Crippen molar-refractivity contribution in [3.8, 4) is 5.69 Å². The van der Waals surface area contributed by atoms with E-state index in [4.69, 9.17) is 0 Å². The van der Waals surface area contributed by atoms with E-state index in [1.165, 1.54) is 257 Å². The Morgan fingerprint density at radius 1 is 0.167 bits per heavy atom. The van der Waals surface area contributed by atoms with E-state index in [2.05, 4.69) is 436 Å². The van der Waals surface area contributed by atoms with Crippen molar-refractivity contribution in [1.29, 1.82) is 0 Å². The lowest BCUT2D eigenvalue weighted by molar-refractivity contribution is 1.06. The molecule has 5 nitrogen and oxygen atoms in total. The first-order chi connectivity index (χ1) is 57.6. The van der Waals surface area contributed by atoms with E-state index in [9.17, 15) is 0 Å². The summed E-state index contributed by atoms with van der Waals surface area (Å²) < 4.78 is 2.36. The summed E-state index contributed by atoms with van der Waals surface area (Å²) in [4.78, 5) is 9.75. The second kappa shape index (κ2) is 33.2. The minimum absolute atomic E-state index is 1.01. The predicted molar refractivity (Wildman–Crippen MR) is 516 cm³/mol. The Morgan fingerprint density at radius 3 is 0.767 bits per heavy atom. The molecule has 0 saturated carbocycles. The molecule has 0 unspecified atom stereocenters. The first kappa shape index (κ1) is 81.1. The smallest absolute Gasteiger partial charge is 0.0541 e. The molecule has 0 spiro atoms. The summed E-state index contributed by atoms with van der Waals surface area (Å²) in [5.41, 5.74) is 58.5. The maximum atomic E-state index is 2.47. The highest BCUT2D eigenvalue weighted by Crippen LogP contribution is 2.51. The van der Waals surface area contributed by atoms with E-state index in [1.54, 1.807) is 0 Å². The Bertz CT molecular complexity index is 6370. The number of nitrogens with zero attached hydrogens (tertiary/aromatic N) is 5. The third-order valence-electron chi connectivity index (χ3n) is 25.1. The molecule has 0 saturated heterocycles. The normalized spacial score (nSPS) is 12.5. The molecule has 120 heavy (non-hydrogen) atoms. The van der Waals surface area contributed by atoms with Crippen LogP contribution in [0.5, 0.6) is 0 Å². The summed E-state index contributed by atoms with van der Waals surface area (Å²) in [6.07, 6.45) is 4.04. The van der Waals surface area contributed by atoms with Gasteiger partial charge in [0.05, 0.1) is 16.7 Å². The van der Waals surface area contributed by atoms with Crippen LogP contribution < -0.4 is 19.6 Å². The predicted octanol–water partition coefficient (Wildman–Crippen LogP) is 31.5. The fourth-order valence-electron chi connectivity index (χ4n) is 18.8. The molecule has 0 fully saturated rings. The van der Waals surface area contributed by atoms with Gasteiger partial charge in [-0.25, -0.2) is 0 Å². The van der Waals surface area contributed by atoms with E-state index < -0.39 is 0 Å². The van der Waals surface area contributed by atoms with Gasteiger partial charge in [0.15, 0.2) is 0 Å².